The van der Waals surface area contributed by atoms with E-state index in [9.17, 15) is 0 Å². The van der Waals surface area contributed by atoms with Crippen molar-refractivity contribution in [3.05, 3.63) is 181 Å². The Labute approximate surface area is 299 Å². The SMILES string of the molecule is C1=CC(n2c3ccccc3c3ccccc32)Cc2c1n(-c1cccc(-c3ccc(-c4ccc5sc6ccccc6c5c4)cc3)c1)c1ccccc21. The Morgan fingerprint density at radius 3 is 1.78 bits per heavy atom. The van der Waals surface area contributed by atoms with Gasteiger partial charge in [0.1, 0.15) is 0 Å². The zero-order valence-corrected chi connectivity index (χ0v) is 28.6. The van der Waals surface area contributed by atoms with E-state index < -0.39 is 0 Å². The van der Waals surface area contributed by atoms with Gasteiger partial charge in [-0.15, -0.1) is 11.3 Å². The van der Waals surface area contributed by atoms with E-state index in [1.807, 2.05) is 11.3 Å². The molecule has 11 rings (SSSR count). The molecule has 0 bridgehead atoms. The largest absolute Gasteiger partial charge is 0.333 e. The van der Waals surface area contributed by atoms with Crippen LogP contribution in [-0.4, -0.2) is 9.13 Å². The van der Waals surface area contributed by atoms with E-state index in [1.165, 1.54) is 92.1 Å². The summed E-state index contributed by atoms with van der Waals surface area (Å²) in [6.45, 7) is 0. The van der Waals surface area contributed by atoms with Crippen LogP contribution in [0.4, 0.5) is 0 Å². The summed E-state index contributed by atoms with van der Waals surface area (Å²) in [5, 5.41) is 6.63. The zero-order valence-electron chi connectivity index (χ0n) is 27.8. The van der Waals surface area contributed by atoms with Crippen LogP contribution in [0.5, 0.6) is 0 Å². The minimum Gasteiger partial charge on any atom is -0.333 e. The van der Waals surface area contributed by atoms with Gasteiger partial charge in [-0.1, -0.05) is 121 Å². The summed E-state index contributed by atoms with van der Waals surface area (Å²) in [5.41, 5.74) is 12.6. The highest BCUT2D eigenvalue weighted by atomic mass is 32.1. The molecule has 1 aliphatic carbocycles. The third-order valence-corrected chi connectivity index (χ3v) is 12.0. The average Bonchev–Trinajstić information content (AvgIpc) is 3.85. The summed E-state index contributed by atoms with van der Waals surface area (Å²) in [7, 11) is 0. The molecule has 0 fully saturated rings. The molecule has 0 saturated heterocycles. The lowest BCUT2D eigenvalue weighted by Gasteiger charge is -2.23. The molecule has 3 aromatic heterocycles. The fourth-order valence-corrected chi connectivity index (χ4v) is 9.63. The Morgan fingerprint density at radius 2 is 1.04 bits per heavy atom. The van der Waals surface area contributed by atoms with Crippen LogP contribution in [0.2, 0.25) is 0 Å². The summed E-state index contributed by atoms with van der Waals surface area (Å²) in [6, 6.07) is 60.5. The number of thiophene rings is 1. The van der Waals surface area contributed by atoms with Crippen molar-refractivity contribution in [3.63, 3.8) is 0 Å². The maximum absolute atomic E-state index is 2.54. The summed E-state index contributed by atoms with van der Waals surface area (Å²) >= 11 is 1.87. The average molecular weight is 669 g/mol. The molecule has 0 amide bonds. The van der Waals surface area contributed by atoms with Gasteiger partial charge in [-0.25, -0.2) is 0 Å². The molecule has 10 aromatic rings. The number of nitrogens with zero attached hydrogens (tertiary/aromatic N) is 2. The Hall–Kier alpha value is -6.16. The van der Waals surface area contributed by atoms with E-state index >= 15 is 0 Å². The highest BCUT2D eigenvalue weighted by molar-refractivity contribution is 7.25. The Kier molecular flexibility index (Phi) is 6.28. The molecule has 3 heteroatoms. The lowest BCUT2D eigenvalue weighted by molar-refractivity contribution is 0.636. The number of aromatic nitrogens is 2. The number of fused-ring (bicyclic) bond motifs is 9. The first-order valence-electron chi connectivity index (χ1n) is 17.7. The Morgan fingerprint density at radius 1 is 0.451 bits per heavy atom. The molecular weight excluding hydrogens is 637 g/mol. The quantitative estimate of drug-likeness (QED) is 0.177. The normalized spacial score (nSPS) is 14.3. The van der Waals surface area contributed by atoms with Crippen LogP contribution in [0.3, 0.4) is 0 Å². The molecule has 1 aliphatic rings. The lowest BCUT2D eigenvalue weighted by Crippen LogP contribution is -2.13. The first-order valence-corrected chi connectivity index (χ1v) is 18.5. The Bertz CT molecular complexity index is 2950. The highest BCUT2D eigenvalue weighted by Gasteiger charge is 2.25. The smallest absolute Gasteiger partial charge is 0.0567 e. The molecule has 3 heterocycles. The van der Waals surface area contributed by atoms with E-state index in [-0.39, 0.29) is 6.04 Å². The number of hydrogen-bond acceptors (Lipinski definition) is 1. The maximum Gasteiger partial charge on any atom is 0.0567 e. The molecule has 0 saturated carbocycles. The van der Waals surface area contributed by atoms with Crippen LogP contribution >= 0.6 is 11.3 Å². The zero-order chi connectivity index (χ0) is 33.5. The Balaban J connectivity index is 0.971. The molecule has 0 spiro atoms. The van der Waals surface area contributed by atoms with Gasteiger partial charge in [-0.05, 0) is 88.8 Å². The second-order valence-electron chi connectivity index (χ2n) is 13.7. The fourth-order valence-electron chi connectivity index (χ4n) is 8.55. The van der Waals surface area contributed by atoms with Crippen LogP contribution in [0.1, 0.15) is 17.3 Å². The van der Waals surface area contributed by atoms with Crippen LogP contribution in [0.25, 0.3) is 86.9 Å². The van der Waals surface area contributed by atoms with Gasteiger partial charge in [0.05, 0.1) is 11.6 Å². The lowest BCUT2D eigenvalue weighted by atomic mass is 9.96. The summed E-state index contributed by atoms with van der Waals surface area (Å²) < 4.78 is 7.68. The molecule has 0 radical (unpaired) electrons. The van der Waals surface area contributed by atoms with Gasteiger partial charge in [-0.2, -0.15) is 0 Å². The van der Waals surface area contributed by atoms with Crippen LogP contribution in [-0.2, 0) is 6.42 Å². The van der Waals surface area contributed by atoms with Crippen LogP contribution in [0.15, 0.2) is 170 Å². The molecule has 7 aromatic carbocycles. The molecule has 51 heavy (non-hydrogen) atoms. The number of allylic oxidation sites excluding steroid dienone is 1. The highest BCUT2D eigenvalue weighted by Crippen LogP contribution is 2.41. The van der Waals surface area contributed by atoms with Crippen molar-refractivity contribution in [1.82, 2.24) is 9.13 Å². The topological polar surface area (TPSA) is 9.86 Å². The third-order valence-electron chi connectivity index (χ3n) is 10.9. The fraction of sp³-hybridized carbons (Fsp3) is 0.0417. The first-order chi connectivity index (χ1) is 25.3. The van der Waals surface area contributed by atoms with Gasteiger partial charge in [0.15, 0.2) is 0 Å². The number of para-hydroxylation sites is 3. The summed E-state index contributed by atoms with van der Waals surface area (Å²) in [6.07, 6.45) is 5.72. The second-order valence-corrected chi connectivity index (χ2v) is 14.8. The second kappa shape index (κ2) is 11.2. The van der Waals surface area contributed by atoms with E-state index in [1.54, 1.807) is 0 Å². The van der Waals surface area contributed by atoms with Gasteiger partial charge in [0.2, 0.25) is 0 Å². The minimum absolute atomic E-state index is 0.227. The minimum atomic E-state index is 0.227. The van der Waals surface area contributed by atoms with Crippen molar-refractivity contribution in [2.45, 2.75) is 12.5 Å². The van der Waals surface area contributed by atoms with Gasteiger partial charge in [0.25, 0.3) is 0 Å². The standard InChI is InChI=1S/C48H32N2S/c1-5-16-43-37(12-1)38-13-2-6-17-44(38)50(43)36-25-26-46-41(30-36)39-14-3-7-18-45(39)49(46)35-11-9-10-33(28-35)31-20-22-32(23-21-31)34-24-27-48-42(29-34)40-15-4-8-19-47(40)51-48/h1-29,36H,30H2. The van der Waals surface area contributed by atoms with Crippen molar-refractivity contribution in [3.8, 4) is 27.9 Å². The molecule has 0 N–H and O–H groups in total. The predicted molar refractivity (Wildman–Crippen MR) is 218 cm³/mol. The van der Waals surface area contributed by atoms with Crippen LogP contribution in [0, 0.1) is 0 Å². The van der Waals surface area contributed by atoms with Gasteiger partial charge in [-0.3, -0.25) is 0 Å². The predicted octanol–water partition coefficient (Wildman–Crippen LogP) is 13.3. The molecule has 240 valence electrons. The van der Waals surface area contributed by atoms with E-state index in [0.717, 1.165) is 6.42 Å². The van der Waals surface area contributed by atoms with Gasteiger partial charge < -0.3 is 9.13 Å². The number of rotatable bonds is 4. The van der Waals surface area contributed by atoms with Crippen LogP contribution < -0.4 is 0 Å². The number of benzene rings is 7. The van der Waals surface area contributed by atoms with Crippen molar-refractivity contribution >= 4 is 70.3 Å². The van der Waals surface area contributed by atoms with E-state index in [4.69, 9.17) is 0 Å². The van der Waals surface area contributed by atoms with E-state index in [0.29, 0.717) is 0 Å². The molecule has 2 nitrogen and oxygen atoms in total. The van der Waals surface area contributed by atoms with Crippen molar-refractivity contribution < 1.29 is 0 Å². The van der Waals surface area contributed by atoms with Crippen molar-refractivity contribution in [2.24, 2.45) is 0 Å². The third kappa shape index (κ3) is 4.42. The molecule has 1 atom stereocenters. The van der Waals surface area contributed by atoms with Crippen molar-refractivity contribution in [1.29, 1.82) is 0 Å². The van der Waals surface area contributed by atoms with Crippen molar-refractivity contribution in [2.75, 3.05) is 0 Å². The van der Waals surface area contributed by atoms with Gasteiger partial charge >= 0.3 is 0 Å². The monoisotopic (exact) mass is 668 g/mol. The molecular formula is C48H32N2S. The number of hydrogen-bond donors (Lipinski definition) is 0. The summed E-state index contributed by atoms with van der Waals surface area (Å²) in [5.74, 6) is 0. The first kappa shape index (κ1) is 28.7. The van der Waals surface area contributed by atoms with E-state index in [2.05, 4.69) is 185 Å². The van der Waals surface area contributed by atoms with Gasteiger partial charge in [0, 0.05) is 58.7 Å². The summed E-state index contributed by atoms with van der Waals surface area (Å²) in [4.78, 5) is 0. The maximum atomic E-state index is 2.54. The molecule has 1 unspecified atom stereocenters. The molecule has 0 aliphatic heterocycles.